The molecular formula is C20H24N2S. The summed E-state index contributed by atoms with van der Waals surface area (Å²) in [5.41, 5.74) is 5.52. The Morgan fingerprint density at radius 1 is 1.30 bits per heavy atom. The third kappa shape index (κ3) is 4.26. The summed E-state index contributed by atoms with van der Waals surface area (Å²) in [5, 5.41) is 0. The molecule has 0 unspecified atom stereocenters. The first-order chi connectivity index (χ1) is 11.2. The van der Waals surface area contributed by atoms with Crippen LogP contribution in [0, 0.1) is 6.92 Å². The SMILES string of the molecule is C=C/C=C(\C=C/C)C(=C(/N=C)c1ccc(C)cc1)/N1CCSC1. The fourth-order valence-corrected chi connectivity index (χ4v) is 3.55. The summed E-state index contributed by atoms with van der Waals surface area (Å²) in [6.07, 6.45) is 8.03. The van der Waals surface area contributed by atoms with Crippen molar-refractivity contribution in [2.45, 2.75) is 13.8 Å². The molecule has 0 spiro atoms. The van der Waals surface area contributed by atoms with Gasteiger partial charge in [0.1, 0.15) is 0 Å². The number of aryl methyl sites for hydroxylation is 1. The summed E-state index contributed by atoms with van der Waals surface area (Å²) in [6, 6.07) is 8.46. The van der Waals surface area contributed by atoms with Crippen molar-refractivity contribution < 1.29 is 0 Å². The molecule has 0 bridgehead atoms. The molecule has 0 aliphatic carbocycles. The van der Waals surface area contributed by atoms with E-state index in [2.05, 4.69) is 60.5 Å². The fraction of sp³-hybridized carbons (Fsp3) is 0.250. The van der Waals surface area contributed by atoms with E-state index in [1.807, 2.05) is 36.9 Å². The maximum atomic E-state index is 4.39. The van der Waals surface area contributed by atoms with E-state index < -0.39 is 0 Å². The van der Waals surface area contributed by atoms with Crippen molar-refractivity contribution in [3.05, 3.63) is 77.5 Å². The van der Waals surface area contributed by atoms with Gasteiger partial charge in [-0.15, -0.1) is 11.8 Å². The van der Waals surface area contributed by atoms with Crippen LogP contribution in [0.2, 0.25) is 0 Å². The second kappa shape index (κ2) is 8.59. The van der Waals surface area contributed by atoms with Crippen molar-refractivity contribution in [1.82, 2.24) is 4.90 Å². The van der Waals surface area contributed by atoms with Crippen molar-refractivity contribution in [3.63, 3.8) is 0 Å². The van der Waals surface area contributed by atoms with Crippen LogP contribution in [0.4, 0.5) is 0 Å². The van der Waals surface area contributed by atoms with E-state index in [0.717, 1.165) is 40.7 Å². The maximum absolute atomic E-state index is 4.39. The number of thioether (sulfide) groups is 1. The monoisotopic (exact) mass is 324 g/mol. The van der Waals surface area contributed by atoms with Gasteiger partial charge < -0.3 is 4.90 Å². The van der Waals surface area contributed by atoms with Gasteiger partial charge in [-0.05, 0) is 26.1 Å². The number of benzene rings is 1. The van der Waals surface area contributed by atoms with Crippen molar-refractivity contribution in [3.8, 4) is 0 Å². The predicted molar refractivity (Wildman–Crippen MR) is 105 cm³/mol. The fourth-order valence-electron chi connectivity index (χ4n) is 2.59. The van der Waals surface area contributed by atoms with Gasteiger partial charge in [-0.2, -0.15) is 0 Å². The molecule has 1 aromatic carbocycles. The van der Waals surface area contributed by atoms with Gasteiger partial charge >= 0.3 is 0 Å². The van der Waals surface area contributed by atoms with Crippen molar-refractivity contribution in [2.75, 3.05) is 18.2 Å². The summed E-state index contributed by atoms with van der Waals surface area (Å²) in [6.45, 7) is 12.8. The lowest BCUT2D eigenvalue weighted by atomic mass is 10.0. The Bertz CT molecular complexity index is 645. The van der Waals surface area contributed by atoms with Crippen molar-refractivity contribution in [1.29, 1.82) is 0 Å². The van der Waals surface area contributed by atoms with Gasteiger partial charge in [0, 0.05) is 17.9 Å². The van der Waals surface area contributed by atoms with Gasteiger partial charge in [0.05, 0.1) is 17.3 Å². The molecule has 0 N–H and O–H groups in total. The van der Waals surface area contributed by atoms with E-state index >= 15 is 0 Å². The highest BCUT2D eigenvalue weighted by Gasteiger charge is 2.21. The second-order valence-corrected chi connectivity index (χ2v) is 6.45. The molecule has 0 aromatic heterocycles. The van der Waals surface area contributed by atoms with Gasteiger partial charge in [-0.3, -0.25) is 4.99 Å². The third-order valence-corrected chi connectivity index (χ3v) is 4.66. The number of aliphatic imine (C=N–C) groups is 1. The minimum absolute atomic E-state index is 0.929. The summed E-state index contributed by atoms with van der Waals surface area (Å²) in [5.74, 6) is 2.12. The average molecular weight is 324 g/mol. The Kier molecular flexibility index (Phi) is 6.48. The van der Waals surface area contributed by atoms with Crippen LogP contribution in [-0.4, -0.2) is 29.8 Å². The normalized spacial score (nSPS) is 16.6. The molecule has 2 rings (SSSR count). The van der Waals surface area contributed by atoms with Crippen molar-refractivity contribution in [2.24, 2.45) is 4.99 Å². The van der Waals surface area contributed by atoms with Crippen LogP contribution >= 0.6 is 11.8 Å². The molecule has 0 atom stereocenters. The summed E-state index contributed by atoms with van der Waals surface area (Å²) in [7, 11) is 0. The van der Waals surface area contributed by atoms with E-state index in [4.69, 9.17) is 0 Å². The predicted octanol–water partition coefficient (Wildman–Crippen LogP) is 5.06. The van der Waals surface area contributed by atoms with Gasteiger partial charge in [-0.1, -0.05) is 60.7 Å². The highest BCUT2D eigenvalue weighted by Crippen LogP contribution is 2.32. The Morgan fingerprint density at radius 3 is 2.57 bits per heavy atom. The lowest BCUT2D eigenvalue weighted by Gasteiger charge is -2.24. The zero-order valence-electron chi connectivity index (χ0n) is 14.0. The van der Waals surface area contributed by atoms with E-state index in [0.29, 0.717) is 0 Å². The maximum Gasteiger partial charge on any atom is 0.0934 e. The van der Waals surface area contributed by atoms with Crippen LogP contribution in [0.25, 0.3) is 5.70 Å². The third-order valence-electron chi connectivity index (χ3n) is 3.69. The number of allylic oxidation sites excluding steroid dienone is 4. The molecule has 1 aliphatic heterocycles. The van der Waals surface area contributed by atoms with E-state index in [9.17, 15) is 0 Å². The molecule has 1 aromatic rings. The van der Waals surface area contributed by atoms with E-state index in [1.54, 1.807) is 0 Å². The molecular weight excluding hydrogens is 300 g/mol. The Labute approximate surface area is 144 Å². The van der Waals surface area contributed by atoms with Gasteiger partial charge in [-0.25, -0.2) is 0 Å². The molecule has 120 valence electrons. The van der Waals surface area contributed by atoms with Crippen LogP contribution in [0.3, 0.4) is 0 Å². The minimum Gasteiger partial charge on any atom is -0.359 e. The van der Waals surface area contributed by atoms with Crippen molar-refractivity contribution >= 4 is 24.2 Å². The minimum atomic E-state index is 0.929. The standard InChI is InChI=1S/C20H24N2S/c1-5-7-18(8-6-2)20(22-13-14-23-15-22)19(21-4)17-11-9-16(3)10-12-17/h5-12H,1,4,13-15H2,2-3H3/b8-6-,18-7+,20-19-. The van der Waals surface area contributed by atoms with Crippen LogP contribution in [-0.2, 0) is 0 Å². The molecule has 0 saturated carbocycles. The molecule has 1 heterocycles. The summed E-state index contributed by atoms with van der Waals surface area (Å²) >= 11 is 1.94. The number of hydrogen-bond donors (Lipinski definition) is 0. The number of nitrogens with zero attached hydrogens (tertiary/aromatic N) is 2. The van der Waals surface area contributed by atoms with Crippen LogP contribution in [0.1, 0.15) is 18.1 Å². The summed E-state index contributed by atoms with van der Waals surface area (Å²) < 4.78 is 0. The van der Waals surface area contributed by atoms with Crippen LogP contribution in [0.5, 0.6) is 0 Å². The zero-order chi connectivity index (χ0) is 16.7. The smallest absolute Gasteiger partial charge is 0.0934 e. The number of hydrogen-bond acceptors (Lipinski definition) is 3. The molecule has 1 fully saturated rings. The molecule has 23 heavy (non-hydrogen) atoms. The lowest BCUT2D eigenvalue weighted by molar-refractivity contribution is 0.458. The Hall–Kier alpha value is -2.00. The molecule has 2 nitrogen and oxygen atoms in total. The van der Waals surface area contributed by atoms with Crippen LogP contribution in [0.15, 0.2) is 71.4 Å². The molecule has 1 aliphatic rings. The molecule has 0 radical (unpaired) electrons. The highest BCUT2D eigenvalue weighted by molar-refractivity contribution is 7.99. The Morgan fingerprint density at radius 2 is 2.04 bits per heavy atom. The average Bonchev–Trinajstić information content (AvgIpc) is 3.07. The topological polar surface area (TPSA) is 15.6 Å². The van der Waals surface area contributed by atoms with Gasteiger partial charge in [0.2, 0.25) is 0 Å². The molecule has 1 saturated heterocycles. The second-order valence-electron chi connectivity index (χ2n) is 5.38. The lowest BCUT2D eigenvalue weighted by Crippen LogP contribution is -2.21. The Balaban J connectivity index is 2.64. The molecule has 0 amide bonds. The first kappa shape index (κ1) is 17.4. The zero-order valence-corrected chi connectivity index (χ0v) is 14.8. The molecule has 3 heteroatoms. The van der Waals surface area contributed by atoms with Gasteiger partial charge in [0.15, 0.2) is 0 Å². The largest absolute Gasteiger partial charge is 0.359 e. The first-order valence-electron chi connectivity index (χ1n) is 7.77. The number of rotatable bonds is 6. The first-order valence-corrected chi connectivity index (χ1v) is 8.93. The van der Waals surface area contributed by atoms with E-state index in [1.165, 1.54) is 5.56 Å². The quantitative estimate of drug-likeness (QED) is 0.537. The van der Waals surface area contributed by atoms with E-state index in [-0.39, 0.29) is 0 Å². The highest BCUT2D eigenvalue weighted by atomic mass is 32.2. The van der Waals surface area contributed by atoms with Crippen LogP contribution < -0.4 is 0 Å². The van der Waals surface area contributed by atoms with Gasteiger partial charge in [0.25, 0.3) is 0 Å². The summed E-state index contributed by atoms with van der Waals surface area (Å²) in [4.78, 5) is 6.77.